The lowest BCUT2D eigenvalue weighted by atomic mass is 10.0. The zero-order valence-electron chi connectivity index (χ0n) is 21.1. The number of carbonyl (C=O) groups excluding carboxylic acids is 2. The Labute approximate surface area is 235 Å². The molecule has 0 saturated carbocycles. The lowest BCUT2D eigenvalue weighted by Gasteiger charge is -2.21. The van der Waals surface area contributed by atoms with E-state index >= 15 is 0 Å². The molecule has 0 spiro atoms. The van der Waals surface area contributed by atoms with Gasteiger partial charge in [-0.25, -0.2) is 9.78 Å². The van der Waals surface area contributed by atoms with Gasteiger partial charge in [-0.3, -0.25) is 7.91 Å². The number of hydrogen-bond donors (Lipinski definition) is 4. The van der Waals surface area contributed by atoms with Crippen LogP contribution >= 0.6 is 22.9 Å². The van der Waals surface area contributed by atoms with Gasteiger partial charge in [-0.15, -0.1) is 0 Å². The van der Waals surface area contributed by atoms with Crippen molar-refractivity contribution in [2.24, 2.45) is 0 Å². The van der Waals surface area contributed by atoms with Crippen molar-refractivity contribution in [1.82, 2.24) is 13.4 Å². The first-order valence-corrected chi connectivity index (χ1v) is 13.0. The summed E-state index contributed by atoms with van der Waals surface area (Å²) >= 11 is 1.90. The first-order valence-electron chi connectivity index (χ1n) is 12.0. The van der Waals surface area contributed by atoms with Crippen LogP contribution in [-0.4, -0.2) is 33.7 Å². The fraction of sp³-hybridized carbons (Fsp3) is 0.179. The Morgan fingerprint density at radius 1 is 1.05 bits per heavy atom. The molecule has 0 fully saturated rings. The van der Waals surface area contributed by atoms with Crippen molar-refractivity contribution in [3.05, 3.63) is 90.1 Å². The topological polar surface area (TPSA) is 122 Å². The van der Waals surface area contributed by atoms with Gasteiger partial charge in [-0.05, 0) is 72.0 Å². The van der Waals surface area contributed by atoms with Crippen LogP contribution < -0.4 is 26.4 Å². The maximum Gasteiger partial charge on any atom is 0.330 e. The Morgan fingerprint density at radius 2 is 1.87 bits per heavy atom. The Balaban J connectivity index is 1.56. The number of ether oxygens (including phenoxy) is 1. The number of rotatable bonds is 9. The number of pyridine rings is 1. The molecule has 1 aromatic heterocycles. The monoisotopic (exact) mass is 624 g/mol. The number of benzene rings is 3. The highest BCUT2D eigenvalue weighted by Gasteiger charge is 2.21. The first-order chi connectivity index (χ1) is 18.3. The Kier molecular flexibility index (Phi) is 8.85. The predicted molar refractivity (Wildman–Crippen MR) is 159 cm³/mol. The van der Waals surface area contributed by atoms with Crippen LogP contribution in [0.15, 0.2) is 79.0 Å². The highest BCUT2D eigenvalue weighted by molar-refractivity contribution is 14.1. The number of nitrogens with one attached hydrogen (secondary N) is 3. The molecule has 0 aliphatic carbocycles. The molecule has 1 heterocycles. The maximum absolute atomic E-state index is 13.5. The van der Waals surface area contributed by atoms with Crippen molar-refractivity contribution in [3.8, 4) is 5.75 Å². The molecular weight excluding hydrogens is 595 g/mol. The summed E-state index contributed by atoms with van der Waals surface area (Å²) in [5.74, 6) is 0.927. The van der Waals surface area contributed by atoms with E-state index in [1.54, 1.807) is 19.3 Å². The third-order valence-corrected chi connectivity index (χ3v) is 6.23. The van der Waals surface area contributed by atoms with Crippen molar-refractivity contribution in [2.45, 2.75) is 19.5 Å². The molecule has 196 valence electrons. The van der Waals surface area contributed by atoms with Gasteiger partial charge < -0.3 is 26.4 Å². The fourth-order valence-corrected chi connectivity index (χ4v) is 4.08. The summed E-state index contributed by atoms with van der Waals surface area (Å²) in [4.78, 5) is 29.7. The average Bonchev–Trinajstić information content (AvgIpc) is 2.91. The quantitative estimate of drug-likeness (QED) is 0.144. The van der Waals surface area contributed by atoms with Crippen LogP contribution in [0.5, 0.6) is 5.75 Å². The van der Waals surface area contributed by atoms with Crippen molar-refractivity contribution < 1.29 is 14.3 Å². The molecule has 0 aliphatic heterocycles. The molecule has 4 aromatic rings. The predicted octanol–water partition coefficient (Wildman–Crippen LogP) is 5.50. The van der Waals surface area contributed by atoms with E-state index in [-0.39, 0.29) is 18.5 Å². The van der Waals surface area contributed by atoms with Crippen LogP contribution in [0.3, 0.4) is 0 Å². The van der Waals surface area contributed by atoms with Gasteiger partial charge in [-0.2, -0.15) is 0 Å². The molecule has 10 heteroatoms. The summed E-state index contributed by atoms with van der Waals surface area (Å²) in [6.45, 7) is 2.72. The van der Waals surface area contributed by atoms with E-state index in [1.165, 1.54) is 3.11 Å². The van der Waals surface area contributed by atoms with E-state index in [2.05, 4.69) is 20.9 Å². The molecule has 0 bridgehead atoms. The van der Waals surface area contributed by atoms with Crippen LogP contribution in [-0.2, 0) is 11.3 Å². The minimum absolute atomic E-state index is 0.213. The molecule has 0 saturated heterocycles. The highest BCUT2D eigenvalue weighted by atomic mass is 127. The number of anilines is 3. The minimum Gasteiger partial charge on any atom is -0.494 e. The number of hydrogen-bond acceptors (Lipinski definition) is 6. The molecule has 38 heavy (non-hydrogen) atoms. The van der Waals surface area contributed by atoms with Gasteiger partial charge in [0.1, 0.15) is 17.6 Å². The standard InChI is InChI=1S/C28H29IN6O3/c1-3-38-23-9-5-7-20(16-23)25(33-22-10-11-24-19(15-22)12-13-31-26(24)30)27(36)32-17-18-6-4-8-21(14-18)34-28(37)35(2)29/h4-16,25,33H,3,17H2,1-2H3,(H2,30,31)(H,32,36)(H,34,37). The van der Waals surface area contributed by atoms with Gasteiger partial charge in [0.15, 0.2) is 0 Å². The van der Waals surface area contributed by atoms with Crippen LogP contribution in [0, 0.1) is 0 Å². The summed E-state index contributed by atoms with van der Waals surface area (Å²) in [5.41, 5.74) is 9.02. The summed E-state index contributed by atoms with van der Waals surface area (Å²) in [6, 6.07) is 21.5. The largest absolute Gasteiger partial charge is 0.494 e. The lowest BCUT2D eigenvalue weighted by Crippen LogP contribution is -2.33. The molecule has 0 radical (unpaired) electrons. The minimum atomic E-state index is -0.692. The molecule has 1 unspecified atom stereocenters. The summed E-state index contributed by atoms with van der Waals surface area (Å²) in [5, 5.41) is 11.0. The molecule has 3 amide bonds. The van der Waals surface area contributed by atoms with Gasteiger partial charge >= 0.3 is 6.03 Å². The zero-order valence-corrected chi connectivity index (χ0v) is 23.2. The summed E-state index contributed by atoms with van der Waals surface area (Å²) in [6.07, 6.45) is 1.66. The smallest absolute Gasteiger partial charge is 0.330 e. The second kappa shape index (κ2) is 12.5. The number of halogens is 1. The number of aromatic nitrogens is 1. The van der Waals surface area contributed by atoms with Gasteiger partial charge in [0.2, 0.25) is 5.91 Å². The number of nitrogens with zero attached hydrogens (tertiary/aromatic N) is 2. The second-order valence-corrected chi connectivity index (χ2v) is 9.99. The van der Waals surface area contributed by atoms with E-state index in [1.807, 2.05) is 96.5 Å². The van der Waals surface area contributed by atoms with E-state index in [4.69, 9.17) is 10.5 Å². The number of nitrogen functional groups attached to an aromatic ring is 1. The maximum atomic E-state index is 13.5. The average molecular weight is 624 g/mol. The van der Waals surface area contributed by atoms with Crippen molar-refractivity contribution in [3.63, 3.8) is 0 Å². The Morgan fingerprint density at radius 3 is 2.66 bits per heavy atom. The summed E-state index contributed by atoms with van der Waals surface area (Å²) in [7, 11) is 1.66. The van der Waals surface area contributed by atoms with Gasteiger partial charge in [0, 0.05) is 36.6 Å². The van der Waals surface area contributed by atoms with E-state index in [0.29, 0.717) is 23.9 Å². The number of carbonyl (C=O) groups is 2. The number of fused-ring (bicyclic) bond motifs is 1. The SMILES string of the molecule is CCOc1cccc(C(Nc2ccc3c(N)nccc3c2)C(=O)NCc2cccc(NC(=O)N(C)I)c2)c1. The molecule has 4 rings (SSSR count). The van der Waals surface area contributed by atoms with Crippen molar-refractivity contribution in [1.29, 1.82) is 0 Å². The van der Waals surface area contributed by atoms with Gasteiger partial charge in [0.25, 0.3) is 0 Å². The molecule has 1 atom stereocenters. The number of nitrogens with two attached hydrogens (primary N) is 1. The molecule has 5 N–H and O–H groups in total. The third-order valence-electron chi connectivity index (χ3n) is 5.80. The molecular formula is C28H29IN6O3. The van der Waals surface area contributed by atoms with Crippen LogP contribution in [0.4, 0.5) is 22.0 Å². The highest BCUT2D eigenvalue weighted by Crippen LogP contribution is 2.27. The zero-order chi connectivity index (χ0) is 27.1. The van der Waals surface area contributed by atoms with Gasteiger partial charge in [0.05, 0.1) is 29.5 Å². The summed E-state index contributed by atoms with van der Waals surface area (Å²) < 4.78 is 7.10. The number of amides is 3. The van der Waals surface area contributed by atoms with Crippen molar-refractivity contribution in [2.75, 3.05) is 30.0 Å². The Hall–Kier alpha value is -4.06. The Bertz CT molecular complexity index is 1450. The van der Waals surface area contributed by atoms with E-state index in [9.17, 15) is 9.59 Å². The van der Waals surface area contributed by atoms with Crippen LogP contribution in [0.2, 0.25) is 0 Å². The molecule has 3 aromatic carbocycles. The van der Waals surface area contributed by atoms with E-state index < -0.39 is 6.04 Å². The fourth-order valence-electron chi connectivity index (χ4n) is 3.96. The van der Waals surface area contributed by atoms with Crippen LogP contribution in [0.1, 0.15) is 24.1 Å². The van der Waals surface area contributed by atoms with Crippen LogP contribution in [0.25, 0.3) is 10.8 Å². The lowest BCUT2D eigenvalue weighted by molar-refractivity contribution is -0.122. The van der Waals surface area contributed by atoms with E-state index in [0.717, 1.165) is 27.6 Å². The number of urea groups is 1. The normalized spacial score (nSPS) is 11.4. The third kappa shape index (κ3) is 6.82. The molecule has 0 aliphatic rings. The van der Waals surface area contributed by atoms with Gasteiger partial charge in [-0.1, -0.05) is 24.3 Å². The van der Waals surface area contributed by atoms with Crippen molar-refractivity contribution >= 4 is 62.8 Å². The first kappa shape index (κ1) is 27.0. The molecule has 9 nitrogen and oxygen atoms in total. The second-order valence-electron chi connectivity index (χ2n) is 8.54.